The zero-order valence-electron chi connectivity index (χ0n) is 16.9. The van der Waals surface area contributed by atoms with E-state index in [4.69, 9.17) is 9.47 Å². The predicted octanol–water partition coefficient (Wildman–Crippen LogP) is 2.90. The summed E-state index contributed by atoms with van der Waals surface area (Å²) >= 11 is 0. The number of carbonyl (C=O) groups excluding carboxylic acids is 3. The van der Waals surface area contributed by atoms with Crippen LogP contribution in [0.15, 0.2) is 48.5 Å². The smallest absolute Gasteiger partial charge is 0.338 e. The molecule has 0 fully saturated rings. The molecule has 0 aliphatic carbocycles. The fourth-order valence-corrected chi connectivity index (χ4v) is 2.79. The molecule has 154 valence electrons. The second-order valence-electron chi connectivity index (χ2n) is 6.35. The van der Waals surface area contributed by atoms with E-state index in [1.807, 2.05) is 24.3 Å². The summed E-state index contributed by atoms with van der Waals surface area (Å²) < 4.78 is 10.3. The molecular weight excluding hydrogens is 372 g/mol. The van der Waals surface area contributed by atoms with E-state index in [0.717, 1.165) is 11.3 Å². The van der Waals surface area contributed by atoms with Crippen LogP contribution >= 0.6 is 0 Å². The normalized spacial score (nSPS) is 10.2. The minimum Gasteiger partial charge on any atom is -0.496 e. The molecule has 2 amide bonds. The fourth-order valence-electron chi connectivity index (χ4n) is 2.79. The number of amides is 2. The largest absolute Gasteiger partial charge is 0.496 e. The van der Waals surface area contributed by atoms with Crippen molar-refractivity contribution in [3.8, 4) is 5.75 Å². The number of esters is 1. The van der Waals surface area contributed by atoms with Crippen molar-refractivity contribution in [3.05, 3.63) is 59.7 Å². The molecule has 0 radical (unpaired) electrons. The lowest BCUT2D eigenvalue weighted by Gasteiger charge is -2.21. The highest BCUT2D eigenvalue weighted by molar-refractivity contribution is 5.95. The first-order valence-corrected chi connectivity index (χ1v) is 9.39. The Balaban J connectivity index is 1.93. The number of rotatable bonds is 9. The quantitative estimate of drug-likeness (QED) is 0.657. The molecule has 0 aliphatic rings. The summed E-state index contributed by atoms with van der Waals surface area (Å²) in [5, 5.41) is 2.74. The van der Waals surface area contributed by atoms with Gasteiger partial charge in [0.2, 0.25) is 11.8 Å². The van der Waals surface area contributed by atoms with Gasteiger partial charge in [0.25, 0.3) is 0 Å². The molecule has 2 aromatic carbocycles. The van der Waals surface area contributed by atoms with E-state index in [2.05, 4.69) is 5.32 Å². The molecule has 0 atom stereocenters. The third kappa shape index (κ3) is 6.64. The molecule has 2 aromatic rings. The molecule has 0 bridgehead atoms. The van der Waals surface area contributed by atoms with Crippen LogP contribution in [-0.4, -0.2) is 49.5 Å². The fraction of sp³-hybridized carbons (Fsp3) is 0.318. The maximum Gasteiger partial charge on any atom is 0.338 e. The second-order valence-corrected chi connectivity index (χ2v) is 6.35. The van der Waals surface area contributed by atoms with Gasteiger partial charge in [0.1, 0.15) is 5.75 Å². The summed E-state index contributed by atoms with van der Waals surface area (Å²) in [7, 11) is 1.60. The molecular formula is C22H26N2O5. The van der Waals surface area contributed by atoms with E-state index in [1.54, 1.807) is 38.3 Å². The minimum atomic E-state index is -0.413. The lowest BCUT2D eigenvalue weighted by molar-refractivity contribution is -0.132. The van der Waals surface area contributed by atoms with Crippen LogP contribution in [0.3, 0.4) is 0 Å². The van der Waals surface area contributed by atoms with Crippen LogP contribution in [0.5, 0.6) is 5.75 Å². The van der Waals surface area contributed by atoms with Gasteiger partial charge in [-0.25, -0.2) is 4.79 Å². The number of benzene rings is 2. The van der Waals surface area contributed by atoms with E-state index in [-0.39, 0.29) is 18.4 Å². The Morgan fingerprint density at radius 1 is 1.03 bits per heavy atom. The van der Waals surface area contributed by atoms with E-state index in [0.29, 0.717) is 30.8 Å². The van der Waals surface area contributed by atoms with E-state index < -0.39 is 5.97 Å². The number of nitrogens with zero attached hydrogens (tertiary/aromatic N) is 1. The van der Waals surface area contributed by atoms with Gasteiger partial charge in [0.05, 0.1) is 25.8 Å². The van der Waals surface area contributed by atoms with Gasteiger partial charge in [-0.05, 0) is 49.2 Å². The molecule has 7 heteroatoms. The van der Waals surface area contributed by atoms with Crippen LogP contribution in [0.4, 0.5) is 5.69 Å². The second kappa shape index (κ2) is 10.8. The molecule has 7 nitrogen and oxygen atoms in total. The number of methoxy groups -OCH3 is 1. The van der Waals surface area contributed by atoms with Crippen molar-refractivity contribution in [2.75, 3.05) is 32.1 Å². The van der Waals surface area contributed by atoms with Crippen LogP contribution < -0.4 is 10.1 Å². The van der Waals surface area contributed by atoms with Crippen molar-refractivity contribution in [1.82, 2.24) is 4.90 Å². The van der Waals surface area contributed by atoms with Gasteiger partial charge in [-0.1, -0.05) is 18.2 Å². The lowest BCUT2D eigenvalue weighted by atomic mass is 10.1. The molecule has 1 N–H and O–H groups in total. The topological polar surface area (TPSA) is 84.9 Å². The molecule has 2 rings (SSSR count). The Labute approximate surface area is 170 Å². The van der Waals surface area contributed by atoms with Gasteiger partial charge in [0.15, 0.2) is 0 Å². The number of anilines is 1. The molecule has 0 aliphatic heterocycles. The standard InChI is InChI=1S/C22H26N2O5/c1-4-29-22(27)18-9-11-19(12-10-18)23-21(26)15-24(16(2)25)14-13-17-7-5-6-8-20(17)28-3/h5-12H,4,13-15H2,1-3H3,(H,23,26). The molecule has 0 saturated carbocycles. The Morgan fingerprint density at radius 3 is 2.34 bits per heavy atom. The number of para-hydroxylation sites is 1. The van der Waals surface area contributed by atoms with Gasteiger partial charge in [-0.3, -0.25) is 9.59 Å². The Morgan fingerprint density at radius 2 is 1.72 bits per heavy atom. The number of hydrogen-bond donors (Lipinski definition) is 1. The number of carbonyl (C=O) groups is 3. The van der Waals surface area contributed by atoms with Crippen molar-refractivity contribution in [3.63, 3.8) is 0 Å². The Kier molecular flexibility index (Phi) is 8.21. The van der Waals surface area contributed by atoms with E-state index in [9.17, 15) is 14.4 Å². The summed E-state index contributed by atoms with van der Waals surface area (Å²) in [6, 6.07) is 14.0. The van der Waals surface area contributed by atoms with Crippen molar-refractivity contribution in [1.29, 1.82) is 0 Å². The van der Waals surface area contributed by atoms with Gasteiger partial charge >= 0.3 is 5.97 Å². The van der Waals surface area contributed by atoms with Crippen LogP contribution in [0, 0.1) is 0 Å². The molecule has 29 heavy (non-hydrogen) atoms. The summed E-state index contributed by atoms with van der Waals surface area (Å²) in [5.41, 5.74) is 1.92. The van der Waals surface area contributed by atoms with E-state index >= 15 is 0 Å². The average molecular weight is 398 g/mol. The first-order chi connectivity index (χ1) is 13.9. The summed E-state index contributed by atoms with van der Waals surface area (Å²) in [6.07, 6.45) is 0.575. The molecule has 0 saturated heterocycles. The Hall–Kier alpha value is -3.35. The van der Waals surface area contributed by atoms with E-state index in [1.165, 1.54) is 11.8 Å². The van der Waals surface area contributed by atoms with Crippen molar-refractivity contribution in [2.24, 2.45) is 0 Å². The average Bonchev–Trinajstić information content (AvgIpc) is 2.71. The Bertz CT molecular complexity index is 849. The molecule has 0 unspecified atom stereocenters. The zero-order valence-corrected chi connectivity index (χ0v) is 16.9. The first-order valence-electron chi connectivity index (χ1n) is 9.39. The van der Waals surface area contributed by atoms with Gasteiger partial charge in [-0.15, -0.1) is 0 Å². The van der Waals surface area contributed by atoms with Crippen LogP contribution in [-0.2, 0) is 20.7 Å². The highest BCUT2D eigenvalue weighted by Crippen LogP contribution is 2.18. The van der Waals surface area contributed by atoms with Gasteiger partial charge < -0.3 is 19.7 Å². The lowest BCUT2D eigenvalue weighted by Crippen LogP contribution is -2.38. The number of hydrogen-bond acceptors (Lipinski definition) is 5. The van der Waals surface area contributed by atoms with Crippen LogP contribution in [0.25, 0.3) is 0 Å². The maximum atomic E-state index is 12.4. The third-order valence-electron chi connectivity index (χ3n) is 4.30. The minimum absolute atomic E-state index is 0.0654. The molecule has 0 spiro atoms. The molecule has 0 heterocycles. The SMILES string of the molecule is CCOC(=O)c1ccc(NC(=O)CN(CCc2ccccc2OC)C(C)=O)cc1. The van der Waals surface area contributed by atoms with Crippen LogP contribution in [0.1, 0.15) is 29.8 Å². The van der Waals surface area contributed by atoms with Crippen molar-refractivity contribution < 1.29 is 23.9 Å². The van der Waals surface area contributed by atoms with Gasteiger partial charge in [-0.2, -0.15) is 0 Å². The highest BCUT2D eigenvalue weighted by atomic mass is 16.5. The summed E-state index contributed by atoms with van der Waals surface area (Å²) in [4.78, 5) is 37.5. The highest BCUT2D eigenvalue weighted by Gasteiger charge is 2.15. The maximum absolute atomic E-state index is 12.4. The predicted molar refractivity (Wildman–Crippen MR) is 110 cm³/mol. The number of nitrogens with one attached hydrogen (secondary N) is 1. The molecule has 0 aromatic heterocycles. The summed E-state index contributed by atoms with van der Waals surface area (Å²) in [5.74, 6) is -0.163. The van der Waals surface area contributed by atoms with Crippen molar-refractivity contribution in [2.45, 2.75) is 20.3 Å². The van der Waals surface area contributed by atoms with Gasteiger partial charge in [0, 0.05) is 19.2 Å². The first kappa shape index (κ1) is 21.9. The zero-order chi connectivity index (χ0) is 21.2. The monoisotopic (exact) mass is 398 g/mol. The van der Waals surface area contributed by atoms with Crippen LogP contribution in [0.2, 0.25) is 0 Å². The summed E-state index contributed by atoms with van der Waals surface area (Å²) in [6.45, 7) is 3.80. The third-order valence-corrected chi connectivity index (χ3v) is 4.30. The van der Waals surface area contributed by atoms with Crippen molar-refractivity contribution >= 4 is 23.5 Å². The number of ether oxygens (including phenoxy) is 2.